The lowest BCUT2D eigenvalue weighted by Crippen LogP contribution is -2.30. The maximum absolute atomic E-state index is 12.4. The van der Waals surface area contributed by atoms with E-state index in [9.17, 15) is 21.6 Å². The summed E-state index contributed by atoms with van der Waals surface area (Å²) in [5.74, 6) is 0. The highest BCUT2D eigenvalue weighted by molar-refractivity contribution is 7.93. The molecule has 1 rings (SSSR count). The van der Waals surface area contributed by atoms with Crippen LogP contribution in [0, 0.1) is 0 Å². The van der Waals surface area contributed by atoms with Crippen LogP contribution in [0.25, 0.3) is 0 Å². The van der Waals surface area contributed by atoms with Gasteiger partial charge in [0.25, 0.3) is 0 Å². The van der Waals surface area contributed by atoms with E-state index in [0.717, 1.165) is 0 Å². The van der Waals surface area contributed by atoms with E-state index in [-0.39, 0.29) is 11.3 Å². The van der Waals surface area contributed by atoms with Crippen LogP contribution in [-0.4, -0.2) is 38.7 Å². The molecular formula is C11H14F3N3O2S. The summed E-state index contributed by atoms with van der Waals surface area (Å²) in [4.78, 5) is 0. The molecule has 0 bridgehead atoms. The summed E-state index contributed by atoms with van der Waals surface area (Å²) in [6.07, 6.45) is 0. The van der Waals surface area contributed by atoms with Crippen molar-refractivity contribution >= 4 is 21.4 Å². The fraction of sp³-hybridized carbons (Fsp3) is 0.364. The minimum atomic E-state index is -5.45. The van der Waals surface area contributed by atoms with E-state index < -0.39 is 15.5 Å². The molecule has 0 saturated carbocycles. The minimum Gasteiger partial charge on any atom is -0.303 e. The molecule has 0 aliphatic heterocycles. The molecule has 0 aromatic heterocycles. The number of nitrogens with one attached hydrogen (secondary N) is 1. The van der Waals surface area contributed by atoms with Gasteiger partial charge < -0.3 is 5.01 Å². The zero-order valence-electron chi connectivity index (χ0n) is 11.1. The number of hydrazone groups is 1. The Labute approximate surface area is 115 Å². The SMILES string of the molecule is C/C(=N\N(C)C)c1ccccc1NS(=O)(=O)C(F)(F)F. The molecule has 0 aliphatic carbocycles. The molecule has 0 aliphatic rings. The van der Waals surface area contributed by atoms with Crippen LogP contribution >= 0.6 is 0 Å². The van der Waals surface area contributed by atoms with E-state index in [4.69, 9.17) is 0 Å². The molecule has 1 aromatic rings. The minimum absolute atomic E-state index is 0.173. The molecule has 0 amide bonds. The summed E-state index contributed by atoms with van der Waals surface area (Å²) in [7, 11) is -2.16. The highest BCUT2D eigenvalue weighted by Gasteiger charge is 2.46. The lowest BCUT2D eigenvalue weighted by atomic mass is 10.1. The lowest BCUT2D eigenvalue weighted by Gasteiger charge is -2.15. The quantitative estimate of drug-likeness (QED) is 0.685. The van der Waals surface area contributed by atoms with Gasteiger partial charge in [0, 0.05) is 19.7 Å². The summed E-state index contributed by atoms with van der Waals surface area (Å²) in [5, 5.41) is 5.50. The first kappa shape index (κ1) is 16.3. The van der Waals surface area contributed by atoms with Gasteiger partial charge in [-0.3, -0.25) is 4.72 Å². The molecule has 112 valence electrons. The number of hydrogen-bond donors (Lipinski definition) is 1. The molecule has 0 saturated heterocycles. The third-order valence-corrected chi connectivity index (χ3v) is 3.31. The fourth-order valence-corrected chi connectivity index (χ4v) is 2.03. The molecule has 20 heavy (non-hydrogen) atoms. The Bertz CT molecular complexity index is 610. The molecule has 9 heteroatoms. The number of halogens is 3. The van der Waals surface area contributed by atoms with E-state index in [2.05, 4.69) is 5.10 Å². The molecular weight excluding hydrogens is 295 g/mol. The number of rotatable bonds is 4. The third kappa shape index (κ3) is 3.86. The van der Waals surface area contributed by atoms with Crippen molar-refractivity contribution in [3.63, 3.8) is 0 Å². The first-order chi connectivity index (χ1) is 9.04. The Morgan fingerprint density at radius 3 is 2.30 bits per heavy atom. The number of para-hydroxylation sites is 1. The lowest BCUT2D eigenvalue weighted by molar-refractivity contribution is -0.0429. The second kappa shape index (κ2) is 5.70. The Morgan fingerprint density at radius 1 is 1.25 bits per heavy atom. The zero-order chi connectivity index (χ0) is 15.6. The van der Waals surface area contributed by atoms with Crippen LogP contribution in [-0.2, 0) is 10.0 Å². The normalized spacial score (nSPS) is 13.2. The number of sulfonamides is 1. The molecule has 0 fully saturated rings. The largest absolute Gasteiger partial charge is 0.516 e. The molecule has 0 atom stereocenters. The van der Waals surface area contributed by atoms with Gasteiger partial charge in [0.1, 0.15) is 0 Å². The van der Waals surface area contributed by atoms with Crippen molar-refractivity contribution in [1.82, 2.24) is 5.01 Å². The van der Waals surface area contributed by atoms with Crippen molar-refractivity contribution in [2.75, 3.05) is 18.8 Å². The maximum atomic E-state index is 12.4. The van der Waals surface area contributed by atoms with Crippen molar-refractivity contribution in [3.8, 4) is 0 Å². The molecule has 0 spiro atoms. The van der Waals surface area contributed by atoms with Crippen LogP contribution in [0.15, 0.2) is 29.4 Å². The Kier molecular flexibility index (Phi) is 4.64. The first-order valence-electron chi connectivity index (χ1n) is 5.45. The summed E-state index contributed by atoms with van der Waals surface area (Å²) < 4.78 is 60.9. The first-order valence-corrected chi connectivity index (χ1v) is 6.94. The van der Waals surface area contributed by atoms with E-state index in [1.54, 1.807) is 27.1 Å². The molecule has 0 radical (unpaired) electrons. The van der Waals surface area contributed by atoms with Crippen LogP contribution in [0.4, 0.5) is 18.9 Å². The number of nitrogens with zero attached hydrogens (tertiary/aromatic N) is 2. The third-order valence-electron chi connectivity index (χ3n) is 2.22. The summed E-state index contributed by atoms with van der Waals surface area (Å²) >= 11 is 0. The standard InChI is InChI=1S/C11H14F3N3O2S/c1-8(15-17(2)3)9-6-4-5-7-10(9)16-20(18,19)11(12,13)14/h4-7,16H,1-3H3/b15-8+. The van der Waals surface area contributed by atoms with Gasteiger partial charge in [-0.15, -0.1) is 0 Å². The topological polar surface area (TPSA) is 61.8 Å². The highest BCUT2D eigenvalue weighted by atomic mass is 32.2. The number of benzene rings is 1. The van der Waals surface area contributed by atoms with Gasteiger partial charge >= 0.3 is 15.5 Å². The highest BCUT2D eigenvalue weighted by Crippen LogP contribution is 2.27. The van der Waals surface area contributed by atoms with Crippen LogP contribution < -0.4 is 4.72 Å². The molecule has 0 heterocycles. The maximum Gasteiger partial charge on any atom is 0.516 e. The second-order valence-electron chi connectivity index (χ2n) is 4.13. The zero-order valence-corrected chi connectivity index (χ0v) is 11.9. The summed E-state index contributed by atoms with van der Waals surface area (Å²) in [6.45, 7) is 1.57. The molecule has 5 nitrogen and oxygen atoms in total. The number of alkyl halides is 3. The molecule has 1 N–H and O–H groups in total. The van der Waals surface area contributed by atoms with E-state index in [0.29, 0.717) is 5.71 Å². The summed E-state index contributed by atoms with van der Waals surface area (Å²) in [6, 6.07) is 5.74. The van der Waals surface area contributed by atoms with Crippen LogP contribution in [0.1, 0.15) is 12.5 Å². The van der Waals surface area contributed by atoms with Gasteiger partial charge in [0.15, 0.2) is 0 Å². The second-order valence-corrected chi connectivity index (χ2v) is 5.80. The Balaban J connectivity index is 3.23. The number of hydrogen-bond acceptors (Lipinski definition) is 4. The van der Waals surface area contributed by atoms with Gasteiger partial charge in [-0.2, -0.15) is 26.7 Å². The number of anilines is 1. The monoisotopic (exact) mass is 309 g/mol. The van der Waals surface area contributed by atoms with Crippen molar-refractivity contribution in [1.29, 1.82) is 0 Å². The van der Waals surface area contributed by atoms with Crippen molar-refractivity contribution in [2.24, 2.45) is 5.10 Å². The van der Waals surface area contributed by atoms with Gasteiger partial charge in [-0.05, 0) is 13.0 Å². The smallest absolute Gasteiger partial charge is 0.303 e. The Morgan fingerprint density at radius 2 is 1.80 bits per heavy atom. The van der Waals surface area contributed by atoms with E-state index in [1.807, 2.05) is 0 Å². The average molecular weight is 309 g/mol. The predicted octanol–water partition coefficient (Wildman–Crippen LogP) is 2.23. The van der Waals surface area contributed by atoms with Crippen LogP contribution in [0.2, 0.25) is 0 Å². The van der Waals surface area contributed by atoms with Gasteiger partial charge in [0.05, 0.1) is 11.4 Å². The van der Waals surface area contributed by atoms with Gasteiger partial charge in [-0.25, -0.2) is 0 Å². The van der Waals surface area contributed by atoms with Crippen LogP contribution in [0.5, 0.6) is 0 Å². The molecule has 1 aromatic carbocycles. The van der Waals surface area contributed by atoms with Crippen molar-refractivity contribution < 1.29 is 21.6 Å². The fourth-order valence-electron chi connectivity index (χ4n) is 1.44. The van der Waals surface area contributed by atoms with Gasteiger partial charge in [-0.1, -0.05) is 18.2 Å². The van der Waals surface area contributed by atoms with Gasteiger partial charge in [0.2, 0.25) is 0 Å². The predicted molar refractivity (Wildman–Crippen MR) is 70.9 cm³/mol. The average Bonchev–Trinajstić information content (AvgIpc) is 2.26. The van der Waals surface area contributed by atoms with Crippen LogP contribution in [0.3, 0.4) is 0 Å². The van der Waals surface area contributed by atoms with E-state index in [1.165, 1.54) is 27.9 Å². The van der Waals surface area contributed by atoms with Crippen molar-refractivity contribution in [3.05, 3.63) is 29.8 Å². The Hall–Kier alpha value is -1.77. The van der Waals surface area contributed by atoms with Crippen molar-refractivity contribution in [2.45, 2.75) is 12.4 Å². The summed E-state index contributed by atoms with van der Waals surface area (Å²) in [5.41, 5.74) is -4.88. The van der Waals surface area contributed by atoms with E-state index >= 15 is 0 Å². The molecule has 0 unspecified atom stereocenters.